The molecule has 0 bridgehead atoms. The zero-order valence-corrected chi connectivity index (χ0v) is 13.3. The first-order valence-corrected chi connectivity index (χ1v) is 8.40. The number of fused-ring (bicyclic) bond motifs is 3. The Morgan fingerprint density at radius 1 is 1.43 bits per heavy atom. The Morgan fingerprint density at radius 3 is 2.90 bits per heavy atom. The van der Waals surface area contributed by atoms with Crippen LogP contribution in [0.15, 0.2) is 4.79 Å². The van der Waals surface area contributed by atoms with Crippen LogP contribution in [0.4, 0.5) is 5.95 Å². The second-order valence-electron chi connectivity index (χ2n) is 5.61. The standard InChI is InChI=1S/C15H21N3O2S/c1-3-18-14(20)12-10-6-4-5-7-11(10)21-13(12)17-15(18)16-8-9(2)19/h9,19H,3-8H2,1-2H3,(H,16,17). The lowest BCUT2D eigenvalue weighted by Gasteiger charge is -2.14. The van der Waals surface area contributed by atoms with E-state index in [1.807, 2.05) is 6.92 Å². The third-order valence-electron chi connectivity index (χ3n) is 3.95. The van der Waals surface area contributed by atoms with E-state index >= 15 is 0 Å². The molecule has 114 valence electrons. The van der Waals surface area contributed by atoms with Gasteiger partial charge in [-0.15, -0.1) is 11.3 Å². The fourth-order valence-electron chi connectivity index (χ4n) is 2.91. The first-order valence-electron chi connectivity index (χ1n) is 7.58. The van der Waals surface area contributed by atoms with Crippen molar-refractivity contribution in [1.29, 1.82) is 0 Å². The van der Waals surface area contributed by atoms with Crippen LogP contribution in [0.2, 0.25) is 0 Å². The van der Waals surface area contributed by atoms with Crippen molar-refractivity contribution in [2.24, 2.45) is 0 Å². The minimum atomic E-state index is -0.473. The van der Waals surface area contributed by atoms with Crippen molar-refractivity contribution in [3.63, 3.8) is 0 Å². The molecule has 21 heavy (non-hydrogen) atoms. The number of anilines is 1. The highest BCUT2D eigenvalue weighted by atomic mass is 32.1. The molecule has 2 N–H and O–H groups in total. The monoisotopic (exact) mass is 307 g/mol. The highest BCUT2D eigenvalue weighted by Gasteiger charge is 2.21. The molecule has 5 nitrogen and oxygen atoms in total. The van der Waals surface area contributed by atoms with E-state index < -0.39 is 6.10 Å². The van der Waals surface area contributed by atoms with Crippen molar-refractivity contribution >= 4 is 27.5 Å². The van der Waals surface area contributed by atoms with Crippen molar-refractivity contribution in [1.82, 2.24) is 9.55 Å². The van der Waals surface area contributed by atoms with Gasteiger partial charge in [-0.2, -0.15) is 0 Å². The van der Waals surface area contributed by atoms with E-state index in [1.54, 1.807) is 22.8 Å². The predicted octanol–water partition coefficient (Wildman–Crippen LogP) is 2.15. The van der Waals surface area contributed by atoms with Gasteiger partial charge in [-0.3, -0.25) is 9.36 Å². The van der Waals surface area contributed by atoms with Crippen molar-refractivity contribution < 1.29 is 5.11 Å². The topological polar surface area (TPSA) is 67.2 Å². The van der Waals surface area contributed by atoms with Gasteiger partial charge >= 0.3 is 0 Å². The molecule has 1 unspecified atom stereocenters. The summed E-state index contributed by atoms with van der Waals surface area (Å²) < 4.78 is 1.67. The fourth-order valence-corrected chi connectivity index (χ4v) is 4.16. The molecule has 0 spiro atoms. The Balaban J connectivity index is 2.15. The zero-order valence-electron chi connectivity index (χ0n) is 12.5. The molecule has 1 aliphatic rings. The fraction of sp³-hybridized carbons (Fsp3) is 0.600. The third kappa shape index (κ3) is 2.58. The molecule has 3 rings (SSSR count). The van der Waals surface area contributed by atoms with Crippen LogP contribution >= 0.6 is 11.3 Å². The zero-order chi connectivity index (χ0) is 15.0. The molecule has 1 aliphatic carbocycles. The lowest BCUT2D eigenvalue weighted by Crippen LogP contribution is -2.27. The summed E-state index contributed by atoms with van der Waals surface area (Å²) in [4.78, 5) is 19.6. The molecular formula is C15H21N3O2S. The molecule has 0 radical (unpaired) electrons. The molecule has 0 amide bonds. The third-order valence-corrected chi connectivity index (χ3v) is 5.13. The summed E-state index contributed by atoms with van der Waals surface area (Å²) in [6, 6.07) is 0. The van der Waals surface area contributed by atoms with Gasteiger partial charge in [0.05, 0.1) is 11.5 Å². The Morgan fingerprint density at radius 2 is 2.19 bits per heavy atom. The van der Waals surface area contributed by atoms with E-state index in [0.717, 1.165) is 29.5 Å². The Kier molecular flexibility index (Phi) is 3.99. The van der Waals surface area contributed by atoms with Crippen LogP contribution < -0.4 is 10.9 Å². The largest absolute Gasteiger partial charge is 0.392 e. The van der Waals surface area contributed by atoms with Gasteiger partial charge in [0.25, 0.3) is 5.56 Å². The van der Waals surface area contributed by atoms with Gasteiger partial charge in [0.2, 0.25) is 5.95 Å². The SMILES string of the molecule is CCn1c(NCC(C)O)nc2sc3c(c2c1=O)CCCC3. The summed E-state index contributed by atoms with van der Waals surface area (Å²) in [5, 5.41) is 13.3. The van der Waals surface area contributed by atoms with E-state index in [4.69, 9.17) is 0 Å². The van der Waals surface area contributed by atoms with Crippen LogP contribution in [0.25, 0.3) is 10.2 Å². The summed E-state index contributed by atoms with van der Waals surface area (Å²) in [6.45, 7) is 4.63. The number of thiophene rings is 1. The summed E-state index contributed by atoms with van der Waals surface area (Å²) in [5.41, 5.74) is 1.28. The van der Waals surface area contributed by atoms with Gasteiger partial charge in [0.15, 0.2) is 0 Å². The Bertz CT molecular complexity index is 718. The summed E-state index contributed by atoms with van der Waals surface area (Å²) in [5.74, 6) is 0.564. The Hall–Kier alpha value is -1.40. The van der Waals surface area contributed by atoms with Crippen LogP contribution in [0, 0.1) is 0 Å². The van der Waals surface area contributed by atoms with Gasteiger partial charge in [0, 0.05) is 18.0 Å². The molecule has 2 heterocycles. The lowest BCUT2D eigenvalue weighted by atomic mass is 9.97. The van der Waals surface area contributed by atoms with E-state index in [0.29, 0.717) is 19.0 Å². The number of hydrogen-bond acceptors (Lipinski definition) is 5. The number of nitrogens with zero attached hydrogens (tertiary/aromatic N) is 2. The minimum Gasteiger partial charge on any atom is -0.392 e. The van der Waals surface area contributed by atoms with E-state index in [1.165, 1.54) is 16.9 Å². The first-order chi connectivity index (χ1) is 10.1. The van der Waals surface area contributed by atoms with Gasteiger partial charge < -0.3 is 10.4 Å². The first kappa shape index (κ1) is 14.5. The second-order valence-corrected chi connectivity index (χ2v) is 6.69. The van der Waals surface area contributed by atoms with E-state index in [9.17, 15) is 9.90 Å². The average molecular weight is 307 g/mol. The van der Waals surface area contributed by atoms with Crippen LogP contribution in [-0.4, -0.2) is 27.3 Å². The molecule has 0 aliphatic heterocycles. The highest BCUT2D eigenvalue weighted by molar-refractivity contribution is 7.18. The normalized spacial score (nSPS) is 16.0. The average Bonchev–Trinajstić information content (AvgIpc) is 2.83. The number of rotatable bonds is 4. The van der Waals surface area contributed by atoms with Gasteiger partial charge in [-0.1, -0.05) is 0 Å². The number of aryl methyl sites for hydroxylation is 2. The predicted molar refractivity (Wildman–Crippen MR) is 86.4 cm³/mol. The minimum absolute atomic E-state index is 0.0509. The molecule has 0 aromatic carbocycles. The lowest BCUT2D eigenvalue weighted by molar-refractivity contribution is 0.208. The van der Waals surface area contributed by atoms with Crippen LogP contribution in [0.3, 0.4) is 0 Å². The summed E-state index contributed by atoms with van der Waals surface area (Å²) in [7, 11) is 0. The molecule has 2 aromatic heterocycles. The maximum Gasteiger partial charge on any atom is 0.263 e. The molecule has 0 fully saturated rings. The van der Waals surface area contributed by atoms with Gasteiger partial charge in [0.1, 0.15) is 4.83 Å². The van der Waals surface area contributed by atoms with Crippen molar-refractivity contribution in [3.05, 3.63) is 20.8 Å². The van der Waals surface area contributed by atoms with Crippen LogP contribution in [-0.2, 0) is 19.4 Å². The number of aliphatic hydroxyl groups excluding tert-OH is 1. The maximum absolute atomic E-state index is 12.8. The number of aliphatic hydroxyl groups is 1. The van der Waals surface area contributed by atoms with E-state index in [-0.39, 0.29) is 5.56 Å². The highest BCUT2D eigenvalue weighted by Crippen LogP contribution is 2.34. The molecule has 0 saturated carbocycles. The quantitative estimate of drug-likeness (QED) is 0.908. The number of aromatic nitrogens is 2. The maximum atomic E-state index is 12.8. The number of nitrogens with one attached hydrogen (secondary N) is 1. The second kappa shape index (κ2) is 5.77. The van der Waals surface area contributed by atoms with Crippen LogP contribution in [0.5, 0.6) is 0 Å². The molecule has 0 saturated heterocycles. The van der Waals surface area contributed by atoms with Crippen molar-refractivity contribution in [2.45, 2.75) is 52.2 Å². The van der Waals surface area contributed by atoms with Crippen LogP contribution in [0.1, 0.15) is 37.1 Å². The van der Waals surface area contributed by atoms with Gasteiger partial charge in [-0.25, -0.2) is 4.98 Å². The molecule has 2 aromatic rings. The smallest absolute Gasteiger partial charge is 0.263 e. The summed E-state index contributed by atoms with van der Waals surface area (Å²) in [6.07, 6.45) is 3.95. The number of hydrogen-bond donors (Lipinski definition) is 2. The van der Waals surface area contributed by atoms with Crippen molar-refractivity contribution in [3.8, 4) is 0 Å². The van der Waals surface area contributed by atoms with Crippen molar-refractivity contribution in [2.75, 3.05) is 11.9 Å². The molecule has 6 heteroatoms. The van der Waals surface area contributed by atoms with E-state index in [2.05, 4.69) is 10.3 Å². The summed E-state index contributed by atoms with van der Waals surface area (Å²) >= 11 is 1.65. The molecular weight excluding hydrogens is 286 g/mol. The molecule has 1 atom stereocenters. The Labute approximate surface area is 127 Å². The van der Waals surface area contributed by atoms with Gasteiger partial charge in [-0.05, 0) is 45.1 Å².